The van der Waals surface area contributed by atoms with E-state index >= 15 is 0 Å². The van der Waals surface area contributed by atoms with Gasteiger partial charge in [-0.3, -0.25) is 14.5 Å². The lowest BCUT2D eigenvalue weighted by Gasteiger charge is -2.35. The molecule has 33 heavy (non-hydrogen) atoms. The van der Waals surface area contributed by atoms with E-state index in [0.29, 0.717) is 23.4 Å². The molecule has 2 atom stereocenters. The highest BCUT2D eigenvalue weighted by Gasteiger charge is 2.41. The minimum absolute atomic E-state index is 0.0401. The minimum Gasteiger partial charge on any atom is -0.357 e. The first-order chi connectivity index (χ1) is 15.9. The van der Waals surface area contributed by atoms with Crippen LogP contribution in [0.1, 0.15) is 48.4 Å². The SMILES string of the molecule is CC(=O)N1c2ccccc2NC2=C(C(=O)C[C@H](c3ccc(C)cc3)C2)[C@@H]1c1ccccc1Cl. The number of carbonyl (C=O) groups is 2. The summed E-state index contributed by atoms with van der Waals surface area (Å²) in [7, 11) is 0. The fourth-order valence-corrected chi connectivity index (χ4v) is 5.24. The second-order valence-corrected chi connectivity index (χ2v) is 9.19. The van der Waals surface area contributed by atoms with E-state index < -0.39 is 6.04 Å². The minimum atomic E-state index is -0.589. The van der Waals surface area contributed by atoms with Crippen LogP contribution >= 0.6 is 11.6 Å². The third-order valence-electron chi connectivity index (χ3n) is 6.58. The van der Waals surface area contributed by atoms with Crippen LogP contribution in [-0.4, -0.2) is 11.7 Å². The maximum atomic E-state index is 13.8. The topological polar surface area (TPSA) is 49.4 Å². The predicted octanol–water partition coefficient (Wildman–Crippen LogP) is 6.57. The highest BCUT2D eigenvalue weighted by Crippen LogP contribution is 2.48. The molecule has 1 N–H and O–H groups in total. The number of anilines is 2. The Morgan fingerprint density at radius 2 is 1.67 bits per heavy atom. The van der Waals surface area contributed by atoms with Gasteiger partial charge < -0.3 is 5.32 Å². The van der Waals surface area contributed by atoms with Gasteiger partial charge in [-0.2, -0.15) is 0 Å². The number of nitrogens with zero attached hydrogens (tertiary/aromatic N) is 1. The lowest BCUT2D eigenvalue weighted by Crippen LogP contribution is -2.37. The van der Waals surface area contributed by atoms with Crippen molar-refractivity contribution in [1.29, 1.82) is 0 Å². The first-order valence-corrected chi connectivity index (χ1v) is 11.5. The average Bonchev–Trinajstić information content (AvgIpc) is 2.94. The molecule has 0 bridgehead atoms. The van der Waals surface area contributed by atoms with Crippen LogP contribution in [0.3, 0.4) is 0 Å². The monoisotopic (exact) mass is 456 g/mol. The summed E-state index contributed by atoms with van der Waals surface area (Å²) in [6.07, 6.45) is 1.08. The quantitative estimate of drug-likeness (QED) is 0.474. The first kappa shape index (κ1) is 21.5. The molecule has 0 saturated heterocycles. The second kappa shape index (κ2) is 8.53. The van der Waals surface area contributed by atoms with E-state index in [1.54, 1.807) is 4.90 Å². The van der Waals surface area contributed by atoms with Crippen molar-refractivity contribution in [3.05, 3.63) is 106 Å². The fraction of sp³-hybridized carbons (Fsp3) is 0.214. The van der Waals surface area contributed by atoms with Gasteiger partial charge in [0.05, 0.1) is 17.4 Å². The van der Waals surface area contributed by atoms with Gasteiger partial charge in [-0.15, -0.1) is 0 Å². The van der Waals surface area contributed by atoms with Crippen LogP contribution < -0.4 is 10.2 Å². The number of amides is 1. The maximum Gasteiger partial charge on any atom is 0.224 e. The third-order valence-corrected chi connectivity index (χ3v) is 6.92. The Kier molecular flexibility index (Phi) is 5.55. The molecular formula is C28H25ClN2O2. The molecule has 2 aliphatic rings. The zero-order valence-electron chi connectivity index (χ0n) is 18.6. The van der Waals surface area contributed by atoms with Gasteiger partial charge in [0, 0.05) is 29.6 Å². The van der Waals surface area contributed by atoms with Gasteiger partial charge in [0.25, 0.3) is 0 Å². The van der Waals surface area contributed by atoms with Crippen molar-refractivity contribution in [2.24, 2.45) is 0 Å². The van der Waals surface area contributed by atoms with Gasteiger partial charge in [-0.1, -0.05) is 71.8 Å². The van der Waals surface area contributed by atoms with Crippen LogP contribution in [0.2, 0.25) is 5.02 Å². The second-order valence-electron chi connectivity index (χ2n) is 8.79. The molecule has 0 aromatic heterocycles. The van der Waals surface area contributed by atoms with Crippen molar-refractivity contribution in [2.45, 2.75) is 38.6 Å². The number of Topliss-reactive ketones (excluding diaryl/α,β-unsaturated/α-hetero) is 1. The normalized spacial score (nSPS) is 20.0. The van der Waals surface area contributed by atoms with E-state index in [9.17, 15) is 9.59 Å². The molecule has 1 heterocycles. The zero-order chi connectivity index (χ0) is 23.1. The summed E-state index contributed by atoms with van der Waals surface area (Å²) < 4.78 is 0. The van der Waals surface area contributed by atoms with E-state index in [2.05, 4.69) is 36.5 Å². The van der Waals surface area contributed by atoms with Crippen molar-refractivity contribution in [3.63, 3.8) is 0 Å². The van der Waals surface area contributed by atoms with E-state index in [1.807, 2.05) is 48.5 Å². The molecule has 166 valence electrons. The van der Waals surface area contributed by atoms with Gasteiger partial charge in [0.15, 0.2) is 5.78 Å². The van der Waals surface area contributed by atoms with Crippen LogP contribution in [0.25, 0.3) is 0 Å². The molecule has 0 fully saturated rings. The largest absolute Gasteiger partial charge is 0.357 e. The van der Waals surface area contributed by atoms with Crippen molar-refractivity contribution in [3.8, 4) is 0 Å². The van der Waals surface area contributed by atoms with Gasteiger partial charge in [-0.25, -0.2) is 0 Å². The number of ketones is 1. The summed E-state index contributed by atoms with van der Waals surface area (Å²) in [5.74, 6) is -0.0260. The maximum absolute atomic E-state index is 13.8. The van der Waals surface area contributed by atoms with Crippen LogP contribution in [-0.2, 0) is 9.59 Å². The highest BCUT2D eigenvalue weighted by molar-refractivity contribution is 6.31. The lowest BCUT2D eigenvalue weighted by molar-refractivity contribution is -0.117. The first-order valence-electron chi connectivity index (χ1n) is 11.2. The summed E-state index contributed by atoms with van der Waals surface area (Å²) in [5, 5.41) is 4.06. The molecule has 5 rings (SSSR count). The van der Waals surface area contributed by atoms with E-state index in [0.717, 1.165) is 28.2 Å². The number of benzene rings is 3. The van der Waals surface area contributed by atoms with Crippen LogP contribution in [0, 0.1) is 6.92 Å². The Morgan fingerprint density at radius 1 is 0.970 bits per heavy atom. The number of rotatable bonds is 2. The zero-order valence-corrected chi connectivity index (χ0v) is 19.4. The van der Waals surface area contributed by atoms with Crippen molar-refractivity contribution < 1.29 is 9.59 Å². The summed E-state index contributed by atoms with van der Waals surface area (Å²) in [4.78, 5) is 28.5. The summed E-state index contributed by atoms with van der Waals surface area (Å²) in [6, 6.07) is 23.0. The van der Waals surface area contributed by atoms with Crippen LogP contribution in [0.4, 0.5) is 11.4 Å². The molecule has 3 aromatic carbocycles. The Labute approximate surface area is 198 Å². The number of halogens is 1. The number of allylic oxidation sites excluding steroid dienone is 1. The number of carbonyl (C=O) groups excluding carboxylic acids is 2. The van der Waals surface area contributed by atoms with Gasteiger partial charge in [0.1, 0.15) is 0 Å². The molecule has 0 unspecified atom stereocenters. The molecule has 1 amide bonds. The summed E-state index contributed by atoms with van der Waals surface area (Å²) >= 11 is 6.63. The Bertz CT molecular complexity index is 1280. The smallest absolute Gasteiger partial charge is 0.224 e. The fourth-order valence-electron chi connectivity index (χ4n) is 5.00. The molecule has 1 aliphatic heterocycles. The molecule has 1 aliphatic carbocycles. The molecule has 5 heteroatoms. The molecule has 0 radical (unpaired) electrons. The predicted molar refractivity (Wildman–Crippen MR) is 133 cm³/mol. The summed E-state index contributed by atoms with van der Waals surface area (Å²) in [5.41, 5.74) is 6.13. The Hall–Kier alpha value is -3.37. The number of fused-ring (bicyclic) bond motifs is 1. The number of nitrogens with one attached hydrogen (secondary N) is 1. The molecular weight excluding hydrogens is 432 g/mol. The Balaban J connectivity index is 1.71. The summed E-state index contributed by atoms with van der Waals surface area (Å²) in [6.45, 7) is 3.60. The number of hydrogen-bond acceptors (Lipinski definition) is 3. The lowest BCUT2D eigenvalue weighted by atomic mass is 9.78. The number of hydrogen-bond donors (Lipinski definition) is 1. The van der Waals surface area contributed by atoms with Crippen molar-refractivity contribution >= 4 is 34.7 Å². The number of aryl methyl sites for hydroxylation is 1. The van der Waals surface area contributed by atoms with E-state index in [-0.39, 0.29) is 17.6 Å². The van der Waals surface area contributed by atoms with E-state index in [1.165, 1.54) is 12.5 Å². The molecule has 0 spiro atoms. The van der Waals surface area contributed by atoms with Gasteiger partial charge in [0.2, 0.25) is 5.91 Å². The average molecular weight is 457 g/mol. The standard InChI is InChI=1S/C28H25ClN2O2/c1-17-11-13-19(14-12-17)20-15-24-27(26(33)16-20)28(21-7-3-4-8-22(21)29)31(18(2)32)25-10-6-5-9-23(25)30-24/h3-14,20,28,30H,15-16H2,1-2H3/t20-,28+/m1/s1. The van der Waals surface area contributed by atoms with Gasteiger partial charge >= 0.3 is 0 Å². The Morgan fingerprint density at radius 3 is 2.39 bits per heavy atom. The van der Waals surface area contributed by atoms with E-state index in [4.69, 9.17) is 11.6 Å². The molecule has 4 nitrogen and oxygen atoms in total. The van der Waals surface area contributed by atoms with Gasteiger partial charge in [-0.05, 0) is 48.6 Å². The van der Waals surface area contributed by atoms with Crippen LogP contribution in [0.15, 0.2) is 84.1 Å². The third kappa shape index (κ3) is 3.85. The molecule has 3 aromatic rings. The van der Waals surface area contributed by atoms with Crippen molar-refractivity contribution in [1.82, 2.24) is 0 Å². The number of para-hydroxylation sites is 2. The van der Waals surface area contributed by atoms with Crippen molar-refractivity contribution in [2.75, 3.05) is 10.2 Å². The van der Waals surface area contributed by atoms with Crippen LogP contribution in [0.5, 0.6) is 0 Å². The highest BCUT2D eigenvalue weighted by atomic mass is 35.5. The molecule has 0 saturated carbocycles.